The number of nitrogens with zero attached hydrogens (tertiary/aromatic N) is 2. The highest BCUT2D eigenvalue weighted by molar-refractivity contribution is 7.89. The van der Waals surface area contributed by atoms with Gasteiger partial charge in [0.05, 0.1) is 19.0 Å². The van der Waals surface area contributed by atoms with Gasteiger partial charge in [0.15, 0.2) is 0 Å². The lowest BCUT2D eigenvalue weighted by atomic mass is 10.4. The Kier molecular flexibility index (Phi) is 6.35. The fourth-order valence-corrected chi connectivity index (χ4v) is 3.12. The van der Waals surface area contributed by atoms with Crippen LogP contribution in [0.15, 0.2) is 0 Å². The minimum atomic E-state index is -3.17. The molecule has 7 heteroatoms. The molecule has 102 valence electrons. The van der Waals surface area contributed by atoms with Crippen LogP contribution in [0.5, 0.6) is 0 Å². The number of rotatable bonds is 7. The van der Waals surface area contributed by atoms with Crippen molar-refractivity contribution in [2.75, 3.05) is 58.3 Å². The summed E-state index contributed by atoms with van der Waals surface area (Å²) in [5, 5.41) is 8.80. The molecule has 0 unspecified atom stereocenters. The van der Waals surface area contributed by atoms with Gasteiger partial charge in [-0.3, -0.25) is 4.90 Å². The summed E-state index contributed by atoms with van der Waals surface area (Å²) in [7, 11) is -3.17. The predicted octanol–water partition coefficient (Wildman–Crippen LogP) is -1.04. The first-order valence-corrected chi connectivity index (χ1v) is 7.60. The van der Waals surface area contributed by atoms with Crippen LogP contribution >= 0.6 is 0 Å². The van der Waals surface area contributed by atoms with Crippen molar-refractivity contribution in [2.24, 2.45) is 0 Å². The summed E-state index contributed by atoms with van der Waals surface area (Å²) in [6.45, 7) is 5.78. The molecular weight excluding hydrogens is 244 g/mol. The number of aliphatic hydroxyl groups excluding tert-OH is 1. The third-order valence-corrected chi connectivity index (χ3v) is 4.67. The van der Waals surface area contributed by atoms with E-state index in [2.05, 4.69) is 4.90 Å². The Morgan fingerprint density at radius 2 is 1.88 bits per heavy atom. The summed E-state index contributed by atoms with van der Waals surface area (Å²) in [5.74, 6) is 0.0564. The molecule has 0 bridgehead atoms. The molecule has 1 heterocycles. The average molecular weight is 266 g/mol. The summed E-state index contributed by atoms with van der Waals surface area (Å²) in [6.07, 6.45) is 0. The van der Waals surface area contributed by atoms with E-state index in [1.165, 1.54) is 4.31 Å². The summed E-state index contributed by atoms with van der Waals surface area (Å²) < 4.78 is 30.4. The Hall–Kier alpha value is -0.210. The van der Waals surface area contributed by atoms with Gasteiger partial charge in [0, 0.05) is 39.3 Å². The average Bonchev–Trinajstić information content (AvgIpc) is 2.30. The van der Waals surface area contributed by atoms with Crippen LogP contribution < -0.4 is 0 Å². The van der Waals surface area contributed by atoms with E-state index in [-0.39, 0.29) is 19.0 Å². The van der Waals surface area contributed by atoms with Crippen molar-refractivity contribution >= 4 is 10.0 Å². The lowest BCUT2D eigenvalue weighted by molar-refractivity contribution is 0.147. The van der Waals surface area contributed by atoms with Crippen LogP contribution in [-0.2, 0) is 14.8 Å². The zero-order valence-electron chi connectivity index (χ0n) is 10.3. The normalized spacial score (nSPS) is 19.6. The predicted molar refractivity (Wildman–Crippen MR) is 65.4 cm³/mol. The second-order valence-electron chi connectivity index (χ2n) is 3.98. The molecule has 0 aromatic heterocycles. The van der Waals surface area contributed by atoms with Gasteiger partial charge < -0.3 is 9.84 Å². The summed E-state index contributed by atoms with van der Waals surface area (Å²) in [5.41, 5.74) is 0. The monoisotopic (exact) mass is 266 g/mol. The number of hydrogen-bond acceptors (Lipinski definition) is 5. The maximum absolute atomic E-state index is 11.9. The minimum absolute atomic E-state index is 0.0564. The van der Waals surface area contributed by atoms with E-state index in [4.69, 9.17) is 9.84 Å². The molecule has 6 nitrogen and oxygen atoms in total. The van der Waals surface area contributed by atoms with Gasteiger partial charge in [-0.2, -0.15) is 4.31 Å². The van der Waals surface area contributed by atoms with Gasteiger partial charge in [0.25, 0.3) is 0 Å². The van der Waals surface area contributed by atoms with E-state index < -0.39 is 10.0 Å². The minimum Gasteiger partial charge on any atom is -0.395 e. The number of aliphatic hydroxyl groups is 1. The maximum atomic E-state index is 11.9. The second-order valence-corrected chi connectivity index (χ2v) is 6.07. The molecule has 1 fully saturated rings. The van der Waals surface area contributed by atoms with Crippen molar-refractivity contribution in [1.82, 2.24) is 9.21 Å². The third kappa shape index (κ3) is 4.89. The molecule has 17 heavy (non-hydrogen) atoms. The van der Waals surface area contributed by atoms with Gasteiger partial charge in [-0.25, -0.2) is 8.42 Å². The number of β-amino-alcohol motifs (C(OH)–C–C–N with tert-alkyl or cyclic N) is 1. The quantitative estimate of drug-likeness (QED) is 0.596. The third-order valence-electron chi connectivity index (χ3n) is 2.83. The molecule has 0 aromatic carbocycles. The van der Waals surface area contributed by atoms with Crippen molar-refractivity contribution < 1.29 is 18.3 Å². The maximum Gasteiger partial charge on any atom is 0.216 e. The molecule has 0 aromatic rings. The van der Waals surface area contributed by atoms with Gasteiger partial charge in [-0.15, -0.1) is 0 Å². The molecule has 0 spiro atoms. The lowest BCUT2D eigenvalue weighted by Gasteiger charge is -2.33. The molecule has 1 aliphatic heterocycles. The van der Waals surface area contributed by atoms with Crippen LogP contribution in [0.3, 0.4) is 0 Å². The molecule has 1 N–H and O–H groups in total. The lowest BCUT2D eigenvalue weighted by Crippen LogP contribution is -2.50. The number of hydrogen-bond donors (Lipinski definition) is 1. The molecule has 1 saturated heterocycles. The van der Waals surface area contributed by atoms with Crippen LogP contribution in [-0.4, -0.2) is 81.0 Å². The van der Waals surface area contributed by atoms with Crippen molar-refractivity contribution in [2.45, 2.75) is 6.92 Å². The van der Waals surface area contributed by atoms with Crippen molar-refractivity contribution in [3.63, 3.8) is 0 Å². The SMILES string of the molecule is CCOCCS(=O)(=O)N1CCN(CCO)CC1. The van der Waals surface area contributed by atoms with E-state index >= 15 is 0 Å². The van der Waals surface area contributed by atoms with Crippen LogP contribution in [0.2, 0.25) is 0 Å². The van der Waals surface area contributed by atoms with Gasteiger partial charge in [-0.05, 0) is 6.92 Å². The van der Waals surface area contributed by atoms with Crippen LogP contribution in [0.4, 0.5) is 0 Å². The first-order chi connectivity index (χ1) is 8.10. The molecule has 1 rings (SSSR count). The van der Waals surface area contributed by atoms with Crippen molar-refractivity contribution in [3.05, 3.63) is 0 Å². The molecule has 0 radical (unpaired) electrons. The van der Waals surface area contributed by atoms with Gasteiger partial charge in [0.2, 0.25) is 10.0 Å². The van der Waals surface area contributed by atoms with Crippen molar-refractivity contribution in [3.8, 4) is 0 Å². The Labute approximate surface area is 103 Å². The Morgan fingerprint density at radius 1 is 1.24 bits per heavy atom. The first kappa shape index (κ1) is 14.8. The molecule has 0 saturated carbocycles. The van der Waals surface area contributed by atoms with E-state index in [1.54, 1.807) is 0 Å². The molecule has 0 aliphatic carbocycles. The van der Waals surface area contributed by atoms with E-state index in [0.717, 1.165) is 0 Å². The van der Waals surface area contributed by atoms with Crippen molar-refractivity contribution in [1.29, 1.82) is 0 Å². The molecule has 0 atom stereocenters. The Bertz CT molecular complexity index is 299. The molecular formula is C10H22N2O4S. The van der Waals surface area contributed by atoms with Gasteiger partial charge in [-0.1, -0.05) is 0 Å². The number of piperazine rings is 1. The number of ether oxygens (including phenoxy) is 1. The largest absolute Gasteiger partial charge is 0.395 e. The fraction of sp³-hybridized carbons (Fsp3) is 1.00. The fourth-order valence-electron chi connectivity index (χ4n) is 1.81. The Balaban J connectivity index is 2.36. The highest BCUT2D eigenvalue weighted by Crippen LogP contribution is 2.07. The molecule has 1 aliphatic rings. The summed E-state index contributed by atoms with van der Waals surface area (Å²) in [6, 6.07) is 0. The number of sulfonamides is 1. The van der Waals surface area contributed by atoms with E-state index in [0.29, 0.717) is 39.3 Å². The first-order valence-electron chi connectivity index (χ1n) is 5.99. The van der Waals surface area contributed by atoms with Crippen LogP contribution in [0, 0.1) is 0 Å². The smallest absolute Gasteiger partial charge is 0.216 e. The highest BCUT2D eigenvalue weighted by atomic mass is 32.2. The van der Waals surface area contributed by atoms with Gasteiger partial charge in [0.1, 0.15) is 0 Å². The van der Waals surface area contributed by atoms with Crippen LogP contribution in [0.25, 0.3) is 0 Å². The zero-order chi connectivity index (χ0) is 12.7. The van der Waals surface area contributed by atoms with Gasteiger partial charge >= 0.3 is 0 Å². The highest BCUT2D eigenvalue weighted by Gasteiger charge is 2.26. The Morgan fingerprint density at radius 3 is 2.41 bits per heavy atom. The van der Waals surface area contributed by atoms with E-state index in [9.17, 15) is 8.42 Å². The topological polar surface area (TPSA) is 70.1 Å². The summed E-state index contributed by atoms with van der Waals surface area (Å²) in [4.78, 5) is 2.06. The van der Waals surface area contributed by atoms with Crippen LogP contribution in [0.1, 0.15) is 6.92 Å². The second kappa shape index (κ2) is 7.27. The molecule has 0 amide bonds. The summed E-state index contributed by atoms with van der Waals surface area (Å²) >= 11 is 0. The standard InChI is InChI=1S/C10H22N2O4S/c1-2-16-9-10-17(14,15)12-5-3-11(4-6-12)7-8-13/h13H,2-10H2,1H3. The van der Waals surface area contributed by atoms with E-state index in [1.807, 2.05) is 6.92 Å². The zero-order valence-corrected chi connectivity index (χ0v) is 11.2.